The minimum Gasteiger partial charge on any atom is -0.497 e. The maximum atomic E-state index is 12.1. The number of fused-ring (bicyclic) bond motifs is 1. The third-order valence-corrected chi connectivity index (χ3v) is 7.72. The van der Waals surface area contributed by atoms with Crippen LogP contribution in [0.1, 0.15) is 39.4 Å². The minimum atomic E-state index is -3.65. The molecule has 34 heavy (non-hydrogen) atoms. The van der Waals surface area contributed by atoms with Crippen molar-refractivity contribution in [3.8, 4) is 28.3 Å². The normalized spacial score (nSPS) is 13.2. The van der Waals surface area contributed by atoms with E-state index in [1.165, 1.54) is 0 Å². The van der Waals surface area contributed by atoms with Crippen LogP contribution in [0.15, 0.2) is 60.9 Å². The quantitative estimate of drug-likeness (QED) is 0.369. The van der Waals surface area contributed by atoms with Crippen LogP contribution in [0.25, 0.3) is 33.3 Å². The van der Waals surface area contributed by atoms with Gasteiger partial charge in [0.15, 0.2) is 0 Å². The molecule has 2 heterocycles. The van der Waals surface area contributed by atoms with Crippen LogP contribution < -0.4 is 9.88 Å². The summed E-state index contributed by atoms with van der Waals surface area (Å²) in [7, 11) is -2.00. The third kappa shape index (κ3) is 4.83. The lowest BCUT2D eigenvalue weighted by Gasteiger charge is -2.26. The Labute approximate surface area is 200 Å². The number of aromatic amines is 1. The van der Waals surface area contributed by atoms with Crippen LogP contribution in [0.3, 0.4) is 0 Å². The van der Waals surface area contributed by atoms with E-state index in [9.17, 15) is 8.42 Å². The number of ether oxygens (including phenoxy) is 1. The van der Waals surface area contributed by atoms with Crippen molar-refractivity contribution < 1.29 is 13.2 Å². The van der Waals surface area contributed by atoms with Gasteiger partial charge in [-0.25, -0.2) is 18.5 Å². The van der Waals surface area contributed by atoms with Crippen molar-refractivity contribution in [1.82, 2.24) is 15.0 Å². The fraction of sp³-hybridized carbons (Fsp3) is 0.308. The number of rotatable bonds is 8. The first-order valence-electron chi connectivity index (χ1n) is 11.2. The highest BCUT2D eigenvalue weighted by atomic mass is 32.2. The molecule has 1 atom stereocenters. The highest BCUT2D eigenvalue weighted by Gasteiger charge is 2.33. The van der Waals surface area contributed by atoms with Crippen molar-refractivity contribution in [1.29, 1.82) is 0 Å². The number of imidazole rings is 1. The second-order valence-electron chi connectivity index (χ2n) is 9.18. The molecule has 8 heteroatoms. The van der Waals surface area contributed by atoms with Gasteiger partial charge in [0.25, 0.3) is 0 Å². The van der Waals surface area contributed by atoms with Gasteiger partial charge < -0.3 is 9.72 Å². The van der Waals surface area contributed by atoms with Gasteiger partial charge in [0, 0.05) is 28.9 Å². The summed E-state index contributed by atoms with van der Waals surface area (Å²) in [6.07, 6.45) is 4.29. The zero-order valence-corrected chi connectivity index (χ0v) is 20.7. The fourth-order valence-electron chi connectivity index (χ4n) is 4.29. The molecular formula is C26H30N4O3S. The Morgan fingerprint density at radius 3 is 2.35 bits per heavy atom. The van der Waals surface area contributed by atoms with E-state index in [1.54, 1.807) is 19.5 Å². The van der Waals surface area contributed by atoms with Gasteiger partial charge in [-0.15, -0.1) is 0 Å². The summed E-state index contributed by atoms with van der Waals surface area (Å²) in [6.45, 7) is 5.82. The number of aromatic nitrogens is 3. The molecule has 0 amide bonds. The number of hydrogen-bond donors (Lipinski definition) is 2. The zero-order valence-electron chi connectivity index (χ0n) is 19.9. The van der Waals surface area contributed by atoms with Crippen LogP contribution in [-0.2, 0) is 15.4 Å². The van der Waals surface area contributed by atoms with Crippen LogP contribution in [-0.4, -0.2) is 35.7 Å². The van der Waals surface area contributed by atoms with E-state index in [-0.39, 0.29) is 0 Å². The number of sulfonamides is 1. The summed E-state index contributed by atoms with van der Waals surface area (Å²) >= 11 is 0. The Hall–Kier alpha value is -3.23. The first-order valence-corrected chi connectivity index (χ1v) is 12.8. The van der Waals surface area contributed by atoms with Crippen LogP contribution in [0.2, 0.25) is 0 Å². The molecule has 0 saturated heterocycles. The van der Waals surface area contributed by atoms with Gasteiger partial charge in [-0.2, -0.15) is 0 Å². The smallest absolute Gasteiger partial charge is 0.211 e. The monoisotopic (exact) mass is 478 g/mol. The van der Waals surface area contributed by atoms with E-state index in [0.717, 1.165) is 39.0 Å². The van der Waals surface area contributed by atoms with Crippen LogP contribution in [0.4, 0.5) is 0 Å². The van der Waals surface area contributed by atoms with Crippen molar-refractivity contribution >= 4 is 20.8 Å². The van der Waals surface area contributed by atoms with E-state index in [4.69, 9.17) is 14.9 Å². The summed E-state index contributed by atoms with van der Waals surface area (Å²) in [6, 6.07) is 16.0. The summed E-state index contributed by atoms with van der Waals surface area (Å²) < 4.78 is 29.5. The maximum absolute atomic E-state index is 12.1. The van der Waals surface area contributed by atoms with E-state index in [2.05, 4.69) is 22.1 Å². The van der Waals surface area contributed by atoms with Crippen LogP contribution >= 0.6 is 0 Å². The molecule has 2 aromatic carbocycles. The molecule has 0 spiro atoms. The van der Waals surface area contributed by atoms with Crippen molar-refractivity contribution in [3.63, 3.8) is 0 Å². The SMILES string of the molecule is CCC(CC(C)(C)c1nc(-c2ccc3cc(OC)ccc3c2)c(-c2ccncc2)[nH]1)S(N)(=O)=O. The standard InChI is InChI=1S/C26H30N4O3S/c1-5-22(34(27,31)32)16-26(2,3)25-29-23(17-10-12-28-13-11-17)24(30-25)20-7-6-19-15-21(33-4)9-8-18(19)14-20/h6-15,22H,5,16H2,1-4H3,(H,29,30)(H2,27,31,32). The van der Waals surface area contributed by atoms with E-state index in [1.807, 2.05) is 57.2 Å². The summed E-state index contributed by atoms with van der Waals surface area (Å²) in [4.78, 5) is 12.6. The average molecular weight is 479 g/mol. The van der Waals surface area contributed by atoms with Crippen molar-refractivity contribution in [2.24, 2.45) is 5.14 Å². The highest BCUT2D eigenvalue weighted by molar-refractivity contribution is 7.89. The first kappa shape index (κ1) is 23.9. The van der Waals surface area contributed by atoms with Gasteiger partial charge in [-0.3, -0.25) is 4.98 Å². The van der Waals surface area contributed by atoms with Gasteiger partial charge in [-0.1, -0.05) is 39.0 Å². The number of primary sulfonamides is 1. The predicted molar refractivity (Wildman–Crippen MR) is 136 cm³/mol. The molecule has 0 aliphatic rings. The molecule has 3 N–H and O–H groups in total. The zero-order chi connectivity index (χ0) is 24.5. The molecule has 1 unspecified atom stereocenters. The highest BCUT2D eigenvalue weighted by Crippen LogP contribution is 2.37. The molecule has 2 aromatic heterocycles. The number of nitrogens with zero attached hydrogens (tertiary/aromatic N) is 2. The number of methoxy groups -OCH3 is 1. The molecule has 4 aromatic rings. The number of nitrogens with two attached hydrogens (primary N) is 1. The average Bonchev–Trinajstić information content (AvgIpc) is 3.28. The molecular weight excluding hydrogens is 448 g/mol. The minimum absolute atomic E-state index is 0.364. The summed E-state index contributed by atoms with van der Waals surface area (Å²) in [5.74, 6) is 1.52. The maximum Gasteiger partial charge on any atom is 0.211 e. The topological polar surface area (TPSA) is 111 Å². The molecule has 0 bridgehead atoms. The first-order chi connectivity index (χ1) is 16.1. The van der Waals surface area contributed by atoms with Crippen molar-refractivity contribution in [2.75, 3.05) is 7.11 Å². The second kappa shape index (κ2) is 9.19. The Balaban J connectivity index is 1.83. The molecule has 0 fully saturated rings. The number of H-pyrrole nitrogens is 1. The Bertz CT molecular complexity index is 1410. The lowest BCUT2D eigenvalue weighted by atomic mass is 9.86. The van der Waals surface area contributed by atoms with Gasteiger partial charge in [0.1, 0.15) is 11.6 Å². The second-order valence-corrected chi connectivity index (χ2v) is 11.0. The van der Waals surface area contributed by atoms with E-state index in [0.29, 0.717) is 18.7 Å². The number of pyridine rings is 1. The predicted octanol–water partition coefficient (Wildman–Crippen LogP) is 5.04. The molecule has 0 aliphatic heterocycles. The molecule has 7 nitrogen and oxygen atoms in total. The molecule has 178 valence electrons. The van der Waals surface area contributed by atoms with Crippen molar-refractivity contribution in [2.45, 2.75) is 44.3 Å². The summed E-state index contributed by atoms with van der Waals surface area (Å²) in [5, 5.41) is 6.99. The Morgan fingerprint density at radius 2 is 1.71 bits per heavy atom. The lowest BCUT2D eigenvalue weighted by Crippen LogP contribution is -2.34. The molecule has 0 saturated carbocycles. The van der Waals surface area contributed by atoms with E-state index < -0.39 is 20.7 Å². The van der Waals surface area contributed by atoms with E-state index >= 15 is 0 Å². The number of nitrogens with one attached hydrogen (secondary N) is 1. The molecule has 0 radical (unpaired) electrons. The third-order valence-electron chi connectivity index (χ3n) is 6.29. The van der Waals surface area contributed by atoms with Crippen molar-refractivity contribution in [3.05, 3.63) is 66.7 Å². The van der Waals surface area contributed by atoms with Gasteiger partial charge in [0.2, 0.25) is 10.0 Å². The van der Waals surface area contributed by atoms with Gasteiger partial charge >= 0.3 is 0 Å². The summed E-state index contributed by atoms with van der Waals surface area (Å²) in [5.41, 5.74) is 3.03. The largest absolute Gasteiger partial charge is 0.497 e. The molecule has 4 rings (SSSR count). The van der Waals surface area contributed by atoms with Gasteiger partial charge in [-0.05, 0) is 53.9 Å². The number of benzene rings is 2. The fourth-order valence-corrected chi connectivity index (χ4v) is 5.40. The Morgan fingerprint density at radius 1 is 1.03 bits per heavy atom. The van der Waals surface area contributed by atoms with Gasteiger partial charge in [0.05, 0.1) is 23.7 Å². The van der Waals surface area contributed by atoms with Crippen LogP contribution in [0.5, 0.6) is 5.75 Å². The lowest BCUT2D eigenvalue weighted by molar-refractivity contribution is 0.415. The molecule has 0 aliphatic carbocycles. The number of hydrogen-bond acceptors (Lipinski definition) is 5. The van der Waals surface area contributed by atoms with Crippen LogP contribution in [0, 0.1) is 0 Å². The Kier molecular flexibility index (Phi) is 6.47.